The van der Waals surface area contributed by atoms with Crippen LogP contribution in [0.15, 0.2) is 0 Å². The molecule has 2 aliphatic rings. The number of amides is 2. The number of carboxylic acid groups (broad SMARTS) is 1. The topological polar surface area (TPSA) is 95.9 Å². The number of hydrogen-bond acceptors (Lipinski definition) is 4. The van der Waals surface area contributed by atoms with Gasteiger partial charge in [-0.15, -0.1) is 0 Å². The maximum atomic E-state index is 13.4. The second kappa shape index (κ2) is 8.07. The average molecular weight is 383 g/mol. The Morgan fingerprint density at radius 1 is 1.19 bits per heavy atom. The Morgan fingerprint density at radius 3 is 2.26 bits per heavy atom. The molecule has 1 unspecified atom stereocenters. The molecule has 0 bridgehead atoms. The number of hydrogen-bond donors (Lipinski definition) is 2. The minimum atomic E-state index is -0.948. The second-order valence-corrected chi connectivity index (χ2v) is 9.13. The van der Waals surface area contributed by atoms with E-state index in [0.29, 0.717) is 6.42 Å². The number of aliphatic carboxylic acids is 1. The van der Waals surface area contributed by atoms with Crippen LogP contribution in [0.2, 0.25) is 0 Å². The number of likely N-dealkylation sites (tertiary alicyclic amines) is 1. The summed E-state index contributed by atoms with van der Waals surface area (Å²) in [4.78, 5) is 39.2. The Balaban J connectivity index is 2.26. The minimum Gasteiger partial charge on any atom is -0.480 e. The van der Waals surface area contributed by atoms with E-state index in [1.165, 1.54) is 0 Å². The van der Waals surface area contributed by atoms with Gasteiger partial charge in [-0.05, 0) is 57.8 Å². The number of nitrogens with zero attached hydrogens (tertiary/aromatic N) is 1. The Hall–Kier alpha value is -1.79. The van der Waals surface area contributed by atoms with Crippen molar-refractivity contribution >= 4 is 18.0 Å². The molecule has 1 heterocycles. The van der Waals surface area contributed by atoms with Crippen LogP contribution in [0, 0.1) is 17.8 Å². The van der Waals surface area contributed by atoms with Gasteiger partial charge in [0.15, 0.2) is 0 Å². The number of carbonyl (C=O) groups excluding carboxylic acids is 2. The molecule has 2 amide bonds. The molecule has 7 heteroatoms. The predicted molar refractivity (Wildman–Crippen MR) is 101 cm³/mol. The summed E-state index contributed by atoms with van der Waals surface area (Å²) >= 11 is 0. The van der Waals surface area contributed by atoms with Crippen LogP contribution >= 0.6 is 0 Å². The summed E-state index contributed by atoms with van der Waals surface area (Å²) in [6.45, 7) is 11.0. The molecule has 2 fully saturated rings. The lowest BCUT2D eigenvalue weighted by Crippen LogP contribution is -2.57. The van der Waals surface area contributed by atoms with E-state index in [0.717, 1.165) is 19.3 Å². The third-order valence-electron chi connectivity index (χ3n) is 5.71. The summed E-state index contributed by atoms with van der Waals surface area (Å²) in [6.07, 6.45) is 2.87. The van der Waals surface area contributed by atoms with E-state index >= 15 is 0 Å². The van der Waals surface area contributed by atoms with E-state index in [9.17, 15) is 19.5 Å². The van der Waals surface area contributed by atoms with Gasteiger partial charge >= 0.3 is 12.1 Å². The monoisotopic (exact) mass is 382 g/mol. The Bertz CT molecular complexity index is 583. The normalized spacial score (nSPS) is 28.8. The van der Waals surface area contributed by atoms with Crippen molar-refractivity contribution in [2.45, 2.75) is 91.0 Å². The van der Waals surface area contributed by atoms with Crippen molar-refractivity contribution in [3.63, 3.8) is 0 Å². The van der Waals surface area contributed by atoms with Crippen LogP contribution in [0.25, 0.3) is 0 Å². The van der Waals surface area contributed by atoms with E-state index in [1.54, 1.807) is 25.7 Å². The number of ether oxygens (including phenoxy) is 1. The molecule has 0 aromatic heterocycles. The molecule has 1 aliphatic heterocycles. The number of alkyl carbamates (subject to hydrolysis) is 1. The SMILES string of the molecule is CCC1[C@@H]2CCC[C@@H]2[C@@H](C(=O)O)N1C(=O)[C@@H](NC(=O)OC(C)(C)C)C(C)C. The smallest absolute Gasteiger partial charge is 0.408 e. The highest BCUT2D eigenvalue weighted by Gasteiger charge is 2.55. The van der Waals surface area contributed by atoms with Gasteiger partial charge in [-0.25, -0.2) is 9.59 Å². The molecule has 0 spiro atoms. The first-order valence-corrected chi connectivity index (χ1v) is 10.0. The zero-order valence-electron chi connectivity index (χ0n) is 17.3. The molecule has 7 nitrogen and oxygen atoms in total. The fraction of sp³-hybridized carbons (Fsp3) is 0.850. The van der Waals surface area contributed by atoms with Crippen molar-refractivity contribution < 1.29 is 24.2 Å². The molecule has 1 saturated heterocycles. The summed E-state index contributed by atoms with van der Waals surface area (Å²) < 4.78 is 5.30. The Morgan fingerprint density at radius 2 is 1.78 bits per heavy atom. The van der Waals surface area contributed by atoms with Crippen LogP contribution in [0.4, 0.5) is 4.79 Å². The van der Waals surface area contributed by atoms with E-state index < -0.39 is 29.7 Å². The van der Waals surface area contributed by atoms with Crippen LogP contribution in [-0.2, 0) is 14.3 Å². The molecule has 1 aliphatic carbocycles. The lowest BCUT2D eigenvalue weighted by Gasteiger charge is -2.35. The molecule has 27 heavy (non-hydrogen) atoms. The van der Waals surface area contributed by atoms with Gasteiger partial charge in [0.25, 0.3) is 0 Å². The van der Waals surface area contributed by atoms with Crippen LogP contribution in [0.3, 0.4) is 0 Å². The summed E-state index contributed by atoms with van der Waals surface area (Å²) in [6, 6.07) is -1.71. The Labute approximate surface area is 161 Å². The van der Waals surface area contributed by atoms with E-state index in [2.05, 4.69) is 5.32 Å². The van der Waals surface area contributed by atoms with Gasteiger partial charge < -0.3 is 20.1 Å². The molecule has 0 aromatic carbocycles. The van der Waals surface area contributed by atoms with Crippen molar-refractivity contribution in [1.82, 2.24) is 10.2 Å². The first-order valence-electron chi connectivity index (χ1n) is 10.0. The summed E-state index contributed by atoms with van der Waals surface area (Å²) in [5.74, 6) is -1.21. The Kier molecular flexibility index (Phi) is 6.43. The number of carbonyl (C=O) groups is 3. The molecular formula is C20H34N2O5. The zero-order chi connectivity index (χ0) is 20.5. The molecule has 2 rings (SSSR count). The number of nitrogens with one attached hydrogen (secondary N) is 1. The molecule has 0 aromatic rings. The minimum absolute atomic E-state index is 0.00531. The molecular weight excluding hydrogens is 348 g/mol. The summed E-state index contributed by atoms with van der Waals surface area (Å²) in [5.41, 5.74) is -0.672. The summed E-state index contributed by atoms with van der Waals surface area (Å²) in [7, 11) is 0. The second-order valence-electron chi connectivity index (χ2n) is 9.13. The molecule has 0 radical (unpaired) electrons. The van der Waals surface area contributed by atoms with Crippen molar-refractivity contribution in [2.75, 3.05) is 0 Å². The molecule has 1 saturated carbocycles. The predicted octanol–water partition coefficient (Wildman–Crippen LogP) is 3.03. The van der Waals surface area contributed by atoms with Gasteiger partial charge in [-0.2, -0.15) is 0 Å². The van der Waals surface area contributed by atoms with Crippen molar-refractivity contribution in [1.29, 1.82) is 0 Å². The van der Waals surface area contributed by atoms with Gasteiger partial charge in [-0.3, -0.25) is 4.79 Å². The number of carboxylic acids is 1. The highest BCUT2D eigenvalue weighted by atomic mass is 16.6. The fourth-order valence-corrected chi connectivity index (χ4v) is 4.72. The molecule has 5 atom stereocenters. The van der Waals surface area contributed by atoms with Crippen molar-refractivity contribution in [3.8, 4) is 0 Å². The first kappa shape index (κ1) is 21.5. The third-order valence-corrected chi connectivity index (χ3v) is 5.71. The fourth-order valence-electron chi connectivity index (χ4n) is 4.72. The lowest BCUT2D eigenvalue weighted by atomic mass is 9.89. The number of fused-ring (bicyclic) bond motifs is 1. The number of rotatable bonds is 5. The van der Waals surface area contributed by atoms with E-state index in [4.69, 9.17) is 4.74 Å². The third kappa shape index (κ3) is 4.55. The van der Waals surface area contributed by atoms with Crippen molar-refractivity contribution in [2.24, 2.45) is 17.8 Å². The van der Waals surface area contributed by atoms with Crippen LogP contribution < -0.4 is 5.32 Å². The molecule has 154 valence electrons. The zero-order valence-corrected chi connectivity index (χ0v) is 17.3. The van der Waals surface area contributed by atoms with Crippen LogP contribution in [0.1, 0.15) is 67.2 Å². The quantitative estimate of drug-likeness (QED) is 0.762. The average Bonchev–Trinajstić information content (AvgIpc) is 3.08. The van der Waals surface area contributed by atoms with Gasteiger partial charge in [0.05, 0.1) is 0 Å². The largest absolute Gasteiger partial charge is 0.480 e. The van der Waals surface area contributed by atoms with E-state index in [1.807, 2.05) is 20.8 Å². The van der Waals surface area contributed by atoms with Crippen LogP contribution in [-0.4, -0.2) is 51.7 Å². The van der Waals surface area contributed by atoms with Gasteiger partial charge in [0.2, 0.25) is 5.91 Å². The highest BCUT2D eigenvalue weighted by molar-refractivity contribution is 5.90. The van der Waals surface area contributed by atoms with Gasteiger partial charge in [0.1, 0.15) is 17.7 Å². The maximum Gasteiger partial charge on any atom is 0.408 e. The first-order chi connectivity index (χ1) is 12.5. The van der Waals surface area contributed by atoms with E-state index in [-0.39, 0.29) is 29.7 Å². The van der Waals surface area contributed by atoms with Crippen LogP contribution in [0.5, 0.6) is 0 Å². The van der Waals surface area contributed by atoms with Crippen molar-refractivity contribution in [3.05, 3.63) is 0 Å². The van der Waals surface area contributed by atoms with Gasteiger partial charge in [-0.1, -0.05) is 27.2 Å². The highest BCUT2D eigenvalue weighted by Crippen LogP contribution is 2.47. The van der Waals surface area contributed by atoms with Gasteiger partial charge in [0, 0.05) is 6.04 Å². The standard InChI is InChI=1S/C20H34N2O5/c1-7-14-12-9-8-10-13(12)16(18(24)25)22(14)17(23)15(11(2)3)21-19(26)27-20(4,5)6/h11-16H,7-10H2,1-6H3,(H,21,26)(H,24,25)/t12-,13+,14?,15+,16+/m1/s1. The lowest BCUT2D eigenvalue weighted by molar-refractivity contribution is -0.152. The molecule has 2 N–H and O–H groups in total. The summed E-state index contributed by atoms with van der Waals surface area (Å²) in [5, 5.41) is 12.5. The maximum absolute atomic E-state index is 13.4.